The van der Waals surface area contributed by atoms with Crippen molar-refractivity contribution in [1.82, 2.24) is 28.9 Å². The molecule has 0 N–H and O–H groups in total. The van der Waals surface area contributed by atoms with Gasteiger partial charge in [0, 0.05) is 117 Å². The molecule has 0 bridgehead atoms. The van der Waals surface area contributed by atoms with E-state index in [-0.39, 0.29) is 17.7 Å². The highest BCUT2D eigenvalue weighted by molar-refractivity contribution is 7.21. The Kier molecular flexibility index (Phi) is 12.4. The number of likely N-dealkylation sites (N-methyl/N-ethyl adjacent to an activating group) is 1. The number of thiophene rings is 2. The van der Waals surface area contributed by atoms with Gasteiger partial charge < -0.3 is 33.0 Å². The average Bonchev–Trinajstić information content (AvgIpc) is 3.90. The second-order valence-corrected chi connectivity index (χ2v) is 16.1. The van der Waals surface area contributed by atoms with Gasteiger partial charge in [-0.15, -0.1) is 22.7 Å². The van der Waals surface area contributed by atoms with Crippen LogP contribution in [0.5, 0.6) is 11.8 Å². The number of hydrogen-bond donors (Lipinski definition) is 0. The zero-order valence-electron chi connectivity index (χ0n) is 32.1. The Bertz CT molecular complexity index is 2240. The third kappa shape index (κ3) is 9.01. The van der Waals surface area contributed by atoms with Gasteiger partial charge in [0.1, 0.15) is 22.4 Å². The summed E-state index contributed by atoms with van der Waals surface area (Å²) in [6, 6.07) is 15.3. The molecule has 1 unspecified atom stereocenters. The molecule has 290 valence electrons. The molecule has 6 aromatic heterocycles. The Morgan fingerprint density at radius 3 is 2.04 bits per heavy atom. The predicted octanol–water partition coefficient (Wildman–Crippen LogP) is 6.34. The van der Waals surface area contributed by atoms with Crippen LogP contribution in [-0.4, -0.2) is 120 Å². The van der Waals surface area contributed by atoms with Crippen LogP contribution in [-0.2, 0) is 22.6 Å². The number of aryl methyl sites for hydroxylation is 2. The van der Waals surface area contributed by atoms with Gasteiger partial charge in [0.2, 0.25) is 23.3 Å². The van der Waals surface area contributed by atoms with Crippen molar-refractivity contribution in [3.63, 3.8) is 0 Å². The minimum absolute atomic E-state index is 0.0392. The first-order valence-electron chi connectivity index (χ1n) is 18.6. The molecule has 14 heteroatoms. The molecular formula is C41H48N6O6S2. The number of fused-ring (bicyclic) bond motifs is 2. The van der Waals surface area contributed by atoms with Crippen LogP contribution >= 0.6 is 22.7 Å². The molecule has 7 heterocycles. The van der Waals surface area contributed by atoms with Crippen molar-refractivity contribution >= 4 is 54.7 Å². The van der Waals surface area contributed by atoms with Crippen molar-refractivity contribution in [2.75, 3.05) is 73.8 Å². The average molecular weight is 785 g/mol. The highest BCUT2D eigenvalue weighted by Crippen LogP contribution is 2.32. The highest BCUT2D eigenvalue weighted by atomic mass is 32.1. The van der Waals surface area contributed by atoms with E-state index in [0.717, 1.165) is 72.7 Å². The predicted molar refractivity (Wildman–Crippen MR) is 217 cm³/mol. The van der Waals surface area contributed by atoms with E-state index in [1.807, 2.05) is 12.1 Å². The van der Waals surface area contributed by atoms with Gasteiger partial charge in [0.15, 0.2) is 0 Å². The molecule has 1 aliphatic heterocycles. The lowest BCUT2D eigenvalue weighted by molar-refractivity contribution is 0.0195. The van der Waals surface area contributed by atoms with Crippen LogP contribution in [0.4, 0.5) is 0 Å². The Balaban J connectivity index is 0.925. The molecule has 1 saturated heterocycles. The number of nitrogens with zero attached hydrogens (tertiary/aromatic N) is 6. The first-order valence-corrected chi connectivity index (χ1v) is 20.2. The molecule has 7 rings (SSSR count). The third-order valence-electron chi connectivity index (χ3n) is 10.1. The Labute approximate surface area is 329 Å². The van der Waals surface area contributed by atoms with Gasteiger partial charge in [-0.05, 0) is 63.7 Å². The van der Waals surface area contributed by atoms with Gasteiger partial charge in [-0.3, -0.25) is 14.5 Å². The molecule has 1 aliphatic rings. The van der Waals surface area contributed by atoms with Crippen molar-refractivity contribution < 1.29 is 28.5 Å². The summed E-state index contributed by atoms with van der Waals surface area (Å²) in [6.07, 6.45) is 3.98. The van der Waals surface area contributed by atoms with E-state index in [1.54, 1.807) is 50.9 Å². The topological polar surface area (TPSA) is 113 Å². The maximum absolute atomic E-state index is 13.5. The summed E-state index contributed by atoms with van der Waals surface area (Å²) in [5.41, 5.74) is 3.43. The van der Waals surface area contributed by atoms with E-state index >= 15 is 0 Å². The zero-order chi connectivity index (χ0) is 38.5. The fourth-order valence-electron chi connectivity index (χ4n) is 6.97. The van der Waals surface area contributed by atoms with Crippen LogP contribution in [0, 0.1) is 13.8 Å². The van der Waals surface area contributed by atoms with Crippen LogP contribution in [0.25, 0.3) is 20.4 Å². The summed E-state index contributed by atoms with van der Waals surface area (Å²) in [5.74, 6) is 0.862. The van der Waals surface area contributed by atoms with E-state index in [9.17, 15) is 9.59 Å². The molecule has 0 aromatic carbocycles. The maximum Gasteiger partial charge on any atom is 0.213 e. The molecule has 0 spiro atoms. The first kappa shape index (κ1) is 38.8. The third-order valence-corrected chi connectivity index (χ3v) is 12.4. The SMILES string of the molecule is COCCN(C)CCn1c(C)cc2cc(C(=O)c3ccc(OCC4CN(CCn5c(C)cc6cc(C(=O)c7ccc(OC)nc7)sc65)CCCO4)nc3)sc21. The number of rotatable bonds is 17. The number of ketones is 2. The lowest BCUT2D eigenvalue weighted by Gasteiger charge is -2.24. The highest BCUT2D eigenvalue weighted by Gasteiger charge is 2.22. The molecule has 0 radical (unpaired) electrons. The summed E-state index contributed by atoms with van der Waals surface area (Å²) in [4.78, 5) is 43.6. The van der Waals surface area contributed by atoms with Crippen molar-refractivity contribution in [1.29, 1.82) is 0 Å². The Morgan fingerprint density at radius 2 is 1.45 bits per heavy atom. The summed E-state index contributed by atoms with van der Waals surface area (Å²) in [5, 5.41) is 2.16. The molecule has 1 fully saturated rings. The van der Waals surface area contributed by atoms with E-state index in [0.29, 0.717) is 52.5 Å². The smallest absolute Gasteiger partial charge is 0.213 e. The quantitative estimate of drug-likeness (QED) is 0.0972. The zero-order valence-corrected chi connectivity index (χ0v) is 33.7. The second kappa shape index (κ2) is 17.6. The number of carbonyl (C=O) groups is 2. The number of hydrogen-bond acceptors (Lipinski definition) is 12. The number of methoxy groups -OCH3 is 2. The van der Waals surface area contributed by atoms with E-state index < -0.39 is 0 Å². The van der Waals surface area contributed by atoms with Crippen molar-refractivity contribution in [2.24, 2.45) is 0 Å². The summed E-state index contributed by atoms with van der Waals surface area (Å²) in [7, 11) is 5.37. The molecule has 0 amide bonds. The summed E-state index contributed by atoms with van der Waals surface area (Å²) < 4.78 is 27.2. The van der Waals surface area contributed by atoms with Crippen LogP contribution < -0.4 is 9.47 Å². The fourth-order valence-corrected chi connectivity index (χ4v) is 9.34. The van der Waals surface area contributed by atoms with Crippen molar-refractivity contribution in [3.05, 3.63) is 93.2 Å². The van der Waals surface area contributed by atoms with Gasteiger partial charge >= 0.3 is 0 Å². The van der Waals surface area contributed by atoms with Crippen LogP contribution in [0.2, 0.25) is 0 Å². The standard InChI is InChI=1S/C41H48N6O6S2/c1-27-19-31-21-35(54-40(31)46(27)14-12-44(3)16-18-50-4)39(49)30-8-10-37(43-24-30)53-26-33-25-45(11-6-17-52-33)13-15-47-28(2)20-32-22-34(55-41(32)47)38(48)29-7-9-36(51-5)42-23-29/h7-10,19-24,33H,6,11-18,25-26H2,1-5H3. The lowest BCUT2D eigenvalue weighted by atomic mass is 10.1. The molecule has 6 aromatic rings. The summed E-state index contributed by atoms with van der Waals surface area (Å²) >= 11 is 3.05. The van der Waals surface area contributed by atoms with E-state index in [4.69, 9.17) is 18.9 Å². The number of pyridine rings is 2. The lowest BCUT2D eigenvalue weighted by Crippen LogP contribution is -2.37. The molecule has 12 nitrogen and oxygen atoms in total. The molecule has 1 atom stereocenters. The number of carbonyl (C=O) groups excluding carboxylic acids is 2. The van der Waals surface area contributed by atoms with Gasteiger partial charge in [0.25, 0.3) is 0 Å². The van der Waals surface area contributed by atoms with Crippen molar-refractivity contribution in [3.8, 4) is 11.8 Å². The van der Waals surface area contributed by atoms with Crippen LogP contribution in [0.15, 0.2) is 60.9 Å². The summed E-state index contributed by atoms with van der Waals surface area (Å²) in [6.45, 7) is 11.9. The minimum Gasteiger partial charge on any atom is -0.481 e. The minimum atomic E-state index is -0.117. The van der Waals surface area contributed by atoms with Gasteiger partial charge in [-0.1, -0.05) is 0 Å². The van der Waals surface area contributed by atoms with E-state index in [1.165, 1.54) is 34.1 Å². The molecule has 0 saturated carbocycles. The Morgan fingerprint density at radius 1 is 0.836 bits per heavy atom. The molecule has 0 aliphatic carbocycles. The fraction of sp³-hybridized carbons (Fsp3) is 0.415. The number of ether oxygens (including phenoxy) is 4. The monoisotopic (exact) mass is 784 g/mol. The van der Waals surface area contributed by atoms with Gasteiger partial charge in [0.05, 0.1) is 23.5 Å². The van der Waals surface area contributed by atoms with Gasteiger partial charge in [-0.2, -0.15) is 0 Å². The normalized spacial score (nSPS) is 15.3. The number of aromatic nitrogens is 4. The maximum atomic E-state index is 13.5. The second-order valence-electron chi connectivity index (χ2n) is 14.0. The molecular weight excluding hydrogens is 737 g/mol. The Hall–Kier alpha value is -4.44. The van der Waals surface area contributed by atoms with Crippen molar-refractivity contribution in [2.45, 2.75) is 39.5 Å². The van der Waals surface area contributed by atoms with E-state index in [2.05, 4.69) is 61.9 Å². The molecule has 55 heavy (non-hydrogen) atoms. The van der Waals surface area contributed by atoms with Crippen LogP contribution in [0.3, 0.4) is 0 Å². The largest absolute Gasteiger partial charge is 0.481 e. The first-order chi connectivity index (χ1) is 26.7. The van der Waals surface area contributed by atoms with Gasteiger partial charge in [-0.25, -0.2) is 9.97 Å². The van der Waals surface area contributed by atoms with Crippen LogP contribution in [0.1, 0.15) is 48.3 Å².